The predicted molar refractivity (Wildman–Crippen MR) is 60.1 cm³/mol. The molecule has 0 fully saturated rings. The van der Waals surface area contributed by atoms with Gasteiger partial charge >= 0.3 is 0 Å². The zero-order valence-electron chi connectivity index (χ0n) is 9.64. The highest BCUT2D eigenvalue weighted by Crippen LogP contribution is 2.20. The SMILES string of the molecule is Cn1ncc2c(OCC(C)(C)N)ncnc21. The molecule has 0 aliphatic heterocycles. The summed E-state index contributed by atoms with van der Waals surface area (Å²) < 4.78 is 7.25. The van der Waals surface area contributed by atoms with Gasteiger partial charge in [-0.25, -0.2) is 9.97 Å². The van der Waals surface area contributed by atoms with Crippen LogP contribution in [0.4, 0.5) is 0 Å². The van der Waals surface area contributed by atoms with Gasteiger partial charge in [0, 0.05) is 12.6 Å². The van der Waals surface area contributed by atoms with E-state index in [1.807, 2.05) is 20.9 Å². The summed E-state index contributed by atoms with van der Waals surface area (Å²) in [7, 11) is 1.83. The minimum absolute atomic E-state index is 0.389. The van der Waals surface area contributed by atoms with E-state index in [-0.39, 0.29) is 5.54 Å². The quantitative estimate of drug-likeness (QED) is 0.815. The average Bonchev–Trinajstić information content (AvgIpc) is 2.57. The van der Waals surface area contributed by atoms with Crippen molar-refractivity contribution in [3.63, 3.8) is 0 Å². The van der Waals surface area contributed by atoms with Crippen molar-refractivity contribution in [2.75, 3.05) is 6.61 Å². The number of hydrogen-bond acceptors (Lipinski definition) is 5. The van der Waals surface area contributed by atoms with Crippen LogP contribution in [0.25, 0.3) is 11.0 Å². The first-order chi connectivity index (χ1) is 7.47. The van der Waals surface area contributed by atoms with Crippen LogP contribution in [0.2, 0.25) is 0 Å². The van der Waals surface area contributed by atoms with Crippen molar-refractivity contribution < 1.29 is 4.74 Å². The first-order valence-corrected chi connectivity index (χ1v) is 5.02. The molecule has 0 aromatic carbocycles. The van der Waals surface area contributed by atoms with Gasteiger partial charge in [-0.3, -0.25) is 4.68 Å². The van der Waals surface area contributed by atoms with E-state index in [4.69, 9.17) is 10.5 Å². The predicted octanol–water partition coefficient (Wildman–Crippen LogP) is 0.479. The molecule has 0 aliphatic rings. The number of fused-ring (bicyclic) bond motifs is 1. The number of hydrogen-bond donors (Lipinski definition) is 1. The fourth-order valence-corrected chi connectivity index (χ4v) is 1.31. The van der Waals surface area contributed by atoms with Crippen molar-refractivity contribution in [2.24, 2.45) is 12.8 Å². The smallest absolute Gasteiger partial charge is 0.227 e. The molecule has 2 rings (SSSR count). The molecule has 6 heteroatoms. The molecule has 2 aromatic rings. The number of ether oxygens (including phenoxy) is 1. The van der Waals surface area contributed by atoms with Crippen LogP contribution >= 0.6 is 0 Å². The number of nitrogens with zero attached hydrogens (tertiary/aromatic N) is 4. The average molecular weight is 221 g/mol. The van der Waals surface area contributed by atoms with Gasteiger partial charge in [-0.1, -0.05) is 0 Å². The molecule has 16 heavy (non-hydrogen) atoms. The maximum Gasteiger partial charge on any atom is 0.227 e. The van der Waals surface area contributed by atoms with Gasteiger partial charge in [0.15, 0.2) is 5.65 Å². The van der Waals surface area contributed by atoms with Crippen molar-refractivity contribution in [2.45, 2.75) is 19.4 Å². The van der Waals surface area contributed by atoms with Gasteiger partial charge < -0.3 is 10.5 Å². The molecular weight excluding hydrogens is 206 g/mol. The van der Waals surface area contributed by atoms with Gasteiger partial charge in [-0.05, 0) is 13.8 Å². The fraction of sp³-hybridized carbons (Fsp3) is 0.500. The summed E-state index contributed by atoms with van der Waals surface area (Å²) in [4.78, 5) is 8.20. The minimum Gasteiger partial charge on any atom is -0.475 e. The normalized spacial score (nSPS) is 12.0. The highest BCUT2D eigenvalue weighted by atomic mass is 16.5. The standard InChI is InChI=1S/C10H15N5O/c1-10(2,11)5-16-9-7-4-14-15(3)8(7)12-6-13-9/h4,6H,5,11H2,1-3H3. The summed E-state index contributed by atoms with van der Waals surface area (Å²) in [6, 6.07) is 0. The molecule has 0 aliphatic carbocycles. The van der Waals surface area contributed by atoms with Gasteiger partial charge in [0.25, 0.3) is 0 Å². The Morgan fingerprint density at radius 3 is 2.88 bits per heavy atom. The largest absolute Gasteiger partial charge is 0.475 e. The molecule has 0 unspecified atom stereocenters. The van der Waals surface area contributed by atoms with Gasteiger partial charge in [0.2, 0.25) is 5.88 Å². The summed E-state index contributed by atoms with van der Waals surface area (Å²) in [5.41, 5.74) is 6.20. The second kappa shape index (κ2) is 3.71. The maximum atomic E-state index is 5.84. The van der Waals surface area contributed by atoms with E-state index in [9.17, 15) is 0 Å². The van der Waals surface area contributed by atoms with Crippen LogP contribution in [-0.2, 0) is 7.05 Å². The second-order valence-corrected chi connectivity index (χ2v) is 4.46. The van der Waals surface area contributed by atoms with Gasteiger partial charge in [-0.2, -0.15) is 5.10 Å². The Balaban J connectivity index is 2.31. The number of aryl methyl sites for hydroxylation is 1. The van der Waals surface area contributed by atoms with Crippen molar-refractivity contribution >= 4 is 11.0 Å². The lowest BCUT2D eigenvalue weighted by atomic mass is 10.1. The zero-order valence-corrected chi connectivity index (χ0v) is 9.64. The monoisotopic (exact) mass is 221 g/mol. The summed E-state index contributed by atoms with van der Waals surface area (Å²) in [5.74, 6) is 0.525. The Bertz CT molecular complexity index is 499. The molecule has 0 amide bonds. The molecule has 0 bridgehead atoms. The van der Waals surface area contributed by atoms with Crippen LogP contribution in [0.15, 0.2) is 12.5 Å². The van der Waals surface area contributed by atoms with E-state index in [2.05, 4.69) is 15.1 Å². The Labute approximate surface area is 93.4 Å². The number of aromatic nitrogens is 4. The Hall–Kier alpha value is -1.69. The maximum absolute atomic E-state index is 5.84. The first-order valence-electron chi connectivity index (χ1n) is 5.02. The van der Waals surface area contributed by atoms with E-state index in [1.165, 1.54) is 6.33 Å². The van der Waals surface area contributed by atoms with E-state index in [0.717, 1.165) is 11.0 Å². The third-order valence-corrected chi connectivity index (χ3v) is 2.07. The third-order valence-electron chi connectivity index (χ3n) is 2.07. The van der Waals surface area contributed by atoms with Crippen molar-refractivity contribution in [1.82, 2.24) is 19.7 Å². The molecular formula is C10H15N5O. The van der Waals surface area contributed by atoms with Gasteiger partial charge in [-0.15, -0.1) is 0 Å². The molecule has 0 atom stereocenters. The second-order valence-electron chi connectivity index (χ2n) is 4.46. The molecule has 0 radical (unpaired) electrons. The van der Waals surface area contributed by atoms with E-state index in [0.29, 0.717) is 12.5 Å². The molecule has 2 aromatic heterocycles. The lowest BCUT2D eigenvalue weighted by Gasteiger charge is -2.18. The summed E-state index contributed by atoms with van der Waals surface area (Å²) >= 11 is 0. The summed E-state index contributed by atoms with van der Waals surface area (Å²) in [6.45, 7) is 4.19. The van der Waals surface area contributed by atoms with Crippen molar-refractivity contribution in [1.29, 1.82) is 0 Å². The third kappa shape index (κ3) is 2.11. The Morgan fingerprint density at radius 1 is 1.44 bits per heavy atom. The molecule has 0 saturated heterocycles. The van der Waals surface area contributed by atoms with Crippen LogP contribution in [0.3, 0.4) is 0 Å². The van der Waals surface area contributed by atoms with E-state index >= 15 is 0 Å². The molecule has 6 nitrogen and oxygen atoms in total. The van der Waals surface area contributed by atoms with Crippen LogP contribution in [0.1, 0.15) is 13.8 Å². The van der Waals surface area contributed by atoms with Crippen LogP contribution in [0.5, 0.6) is 5.88 Å². The molecule has 0 saturated carbocycles. The fourth-order valence-electron chi connectivity index (χ4n) is 1.31. The van der Waals surface area contributed by atoms with Gasteiger partial charge in [0.05, 0.1) is 6.20 Å². The number of rotatable bonds is 3. The van der Waals surface area contributed by atoms with Crippen LogP contribution in [0, 0.1) is 0 Å². The molecule has 2 N–H and O–H groups in total. The lowest BCUT2D eigenvalue weighted by molar-refractivity contribution is 0.238. The molecule has 2 heterocycles. The van der Waals surface area contributed by atoms with E-state index < -0.39 is 0 Å². The number of nitrogens with two attached hydrogens (primary N) is 1. The summed E-state index contributed by atoms with van der Waals surface area (Å²) in [5, 5.41) is 4.90. The minimum atomic E-state index is -0.389. The molecule has 0 spiro atoms. The van der Waals surface area contributed by atoms with Gasteiger partial charge in [0.1, 0.15) is 18.3 Å². The van der Waals surface area contributed by atoms with Crippen molar-refractivity contribution in [3.05, 3.63) is 12.5 Å². The van der Waals surface area contributed by atoms with E-state index in [1.54, 1.807) is 10.9 Å². The lowest BCUT2D eigenvalue weighted by Crippen LogP contribution is -2.38. The summed E-state index contributed by atoms with van der Waals surface area (Å²) in [6.07, 6.45) is 3.15. The van der Waals surface area contributed by atoms with Crippen LogP contribution < -0.4 is 10.5 Å². The topological polar surface area (TPSA) is 78.9 Å². The highest BCUT2D eigenvalue weighted by Gasteiger charge is 2.14. The molecule has 86 valence electrons. The zero-order chi connectivity index (χ0) is 11.8. The Kier molecular flexibility index (Phi) is 2.51. The highest BCUT2D eigenvalue weighted by molar-refractivity contribution is 5.79. The first kappa shape index (κ1) is 10.8. The van der Waals surface area contributed by atoms with Crippen molar-refractivity contribution in [3.8, 4) is 5.88 Å². The Morgan fingerprint density at radius 2 is 2.19 bits per heavy atom. The van der Waals surface area contributed by atoms with Crippen LogP contribution in [-0.4, -0.2) is 31.9 Å².